The van der Waals surface area contributed by atoms with E-state index in [0.717, 1.165) is 4.90 Å². The van der Waals surface area contributed by atoms with Crippen LogP contribution in [-0.2, 0) is 20.9 Å². The van der Waals surface area contributed by atoms with Crippen molar-refractivity contribution in [2.75, 3.05) is 17.2 Å². The molecule has 4 rings (SSSR count). The molecule has 10 heteroatoms. The lowest BCUT2D eigenvalue weighted by atomic mass is 10.2. The lowest BCUT2D eigenvalue weighted by Crippen LogP contribution is -2.28. The maximum absolute atomic E-state index is 12.2. The van der Waals surface area contributed by atoms with Crippen LogP contribution in [0.3, 0.4) is 0 Å². The van der Waals surface area contributed by atoms with Crippen molar-refractivity contribution in [1.82, 2.24) is 19.5 Å². The van der Waals surface area contributed by atoms with Gasteiger partial charge >= 0.3 is 5.97 Å². The molecule has 29 heavy (non-hydrogen) atoms. The van der Waals surface area contributed by atoms with Crippen LogP contribution < -0.4 is 10.6 Å². The van der Waals surface area contributed by atoms with Gasteiger partial charge in [0.2, 0.25) is 11.8 Å². The standard InChI is InChI=1S/C19H18N6O4/c20-17-16-18(22-10-21-17)24(11-23-16)8-1-9-29-19(28)12-2-4-13(5-3-12)25-14(26)6-7-15(25)27/h2-5,10-11H,1,6-9H2,(H2,20,21,22). The average Bonchev–Trinajstić information content (AvgIpc) is 3.29. The number of aryl methyl sites for hydroxylation is 1. The number of nitrogen functional groups attached to an aromatic ring is 1. The molecular formula is C19H18N6O4. The molecule has 1 fully saturated rings. The summed E-state index contributed by atoms with van der Waals surface area (Å²) in [6.07, 6.45) is 4.00. The number of imide groups is 1. The van der Waals surface area contributed by atoms with Crippen LogP contribution in [0.4, 0.5) is 11.5 Å². The minimum absolute atomic E-state index is 0.212. The topological polar surface area (TPSA) is 133 Å². The van der Waals surface area contributed by atoms with Gasteiger partial charge in [-0.1, -0.05) is 0 Å². The van der Waals surface area contributed by atoms with E-state index in [-0.39, 0.29) is 31.3 Å². The second kappa shape index (κ2) is 7.66. The fourth-order valence-electron chi connectivity index (χ4n) is 3.16. The summed E-state index contributed by atoms with van der Waals surface area (Å²) in [4.78, 5) is 49.1. The third kappa shape index (κ3) is 3.64. The normalized spacial score (nSPS) is 14.0. The molecule has 1 aliphatic rings. The number of rotatable bonds is 6. The summed E-state index contributed by atoms with van der Waals surface area (Å²) in [5.74, 6) is -0.618. The highest BCUT2D eigenvalue weighted by Crippen LogP contribution is 2.23. The first-order chi connectivity index (χ1) is 14.0. The van der Waals surface area contributed by atoms with Gasteiger partial charge in [-0.05, 0) is 30.7 Å². The molecular weight excluding hydrogens is 376 g/mol. The zero-order chi connectivity index (χ0) is 20.4. The Balaban J connectivity index is 1.31. The fraction of sp³-hybridized carbons (Fsp3) is 0.263. The highest BCUT2D eigenvalue weighted by atomic mass is 16.5. The molecule has 3 heterocycles. The number of carbonyl (C=O) groups is 3. The molecule has 3 aromatic rings. The number of carbonyl (C=O) groups excluding carboxylic acids is 3. The number of imidazole rings is 1. The van der Waals surface area contributed by atoms with Crippen LogP contribution in [0, 0.1) is 0 Å². The number of ether oxygens (including phenoxy) is 1. The van der Waals surface area contributed by atoms with Gasteiger partial charge in [0.05, 0.1) is 24.2 Å². The monoisotopic (exact) mass is 394 g/mol. The number of aromatic nitrogens is 4. The van der Waals surface area contributed by atoms with E-state index in [1.54, 1.807) is 30.6 Å². The van der Waals surface area contributed by atoms with Crippen molar-refractivity contribution >= 4 is 40.5 Å². The number of hydrogen-bond donors (Lipinski definition) is 1. The third-order valence-corrected chi connectivity index (χ3v) is 4.62. The zero-order valence-electron chi connectivity index (χ0n) is 15.4. The van der Waals surface area contributed by atoms with E-state index in [1.807, 2.05) is 4.57 Å². The molecule has 1 aliphatic heterocycles. The molecule has 0 spiro atoms. The number of nitrogens with two attached hydrogens (primary N) is 1. The van der Waals surface area contributed by atoms with Gasteiger partial charge in [0, 0.05) is 19.4 Å². The van der Waals surface area contributed by atoms with Gasteiger partial charge in [-0.15, -0.1) is 0 Å². The molecule has 0 unspecified atom stereocenters. The van der Waals surface area contributed by atoms with Gasteiger partial charge in [-0.3, -0.25) is 14.5 Å². The van der Waals surface area contributed by atoms with Crippen LogP contribution in [0.25, 0.3) is 11.2 Å². The number of fused-ring (bicyclic) bond motifs is 1. The summed E-state index contributed by atoms with van der Waals surface area (Å²) in [6, 6.07) is 6.22. The number of esters is 1. The molecule has 1 aromatic carbocycles. The van der Waals surface area contributed by atoms with Crippen LogP contribution in [0.15, 0.2) is 36.9 Å². The van der Waals surface area contributed by atoms with Gasteiger partial charge in [-0.25, -0.2) is 19.7 Å². The van der Waals surface area contributed by atoms with E-state index < -0.39 is 5.97 Å². The Morgan fingerprint density at radius 1 is 1.07 bits per heavy atom. The molecule has 2 N–H and O–H groups in total. The van der Waals surface area contributed by atoms with Gasteiger partial charge in [0.25, 0.3) is 0 Å². The SMILES string of the molecule is Nc1ncnc2c1ncn2CCCOC(=O)c1ccc(N2C(=O)CCC2=O)cc1. The Morgan fingerprint density at radius 3 is 2.52 bits per heavy atom. The van der Waals surface area contributed by atoms with Crippen molar-refractivity contribution < 1.29 is 19.1 Å². The van der Waals surface area contributed by atoms with Crippen LogP contribution >= 0.6 is 0 Å². The summed E-state index contributed by atoms with van der Waals surface area (Å²) in [6.45, 7) is 0.766. The van der Waals surface area contributed by atoms with E-state index >= 15 is 0 Å². The number of amides is 2. The van der Waals surface area contributed by atoms with E-state index in [1.165, 1.54) is 6.33 Å². The fourth-order valence-corrected chi connectivity index (χ4v) is 3.16. The number of anilines is 2. The van der Waals surface area contributed by atoms with Crippen LogP contribution in [0.5, 0.6) is 0 Å². The Labute approximate surface area is 165 Å². The minimum atomic E-state index is -0.474. The predicted molar refractivity (Wildman–Crippen MR) is 103 cm³/mol. The molecule has 1 saturated heterocycles. The first-order valence-corrected chi connectivity index (χ1v) is 9.09. The van der Waals surface area contributed by atoms with E-state index in [2.05, 4.69) is 15.0 Å². The van der Waals surface area contributed by atoms with Crippen molar-refractivity contribution in [3.63, 3.8) is 0 Å². The Hall–Kier alpha value is -3.82. The smallest absolute Gasteiger partial charge is 0.338 e. The van der Waals surface area contributed by atoms with Crippen LogP contribution in [-0.4, -0.2) is 43.9 Å². The quantitative estimate of drug-likeness (QED) is 0.376. The first-order valence-electron chi connectivity index (χ1n) is 9.09. The maximum atomic E-state index is 12.2. The third-order valence-electron chi connectivity index (χ3n) is 4.62. The molecule has 2 aromatic heterocycles. The summed E-state index contributed by atoms with van der Waals surface area (Å²) in [7, 11) is 0. The molecule has 0 bridgehead atoms. The van der Waals surface area contributed by atoms with Crippen LogP contribution in [0.1, 0.15) is 29.6 Å². The largest absolute Gasteiger partial charge is 0.462 e. The van der Waals surface area contributed by atoms with Crippen molar-refractivity contribution in [3.05, 3.63) is 42.5 Å². The molecule has 0 aliphatic carbocycles. The second-order valence-electron chi connectivity index (χ2n) is 6.53. The molecule has 0 saturated carbocycles. The highest BCUT2D eigenvalue weighted by molar-refractivity contribution is 6.19. The molecule has 0 atom stereocenters. The van der Waals surface area contributed by atoms with Gasteiger partial charge in [0.1, 0.15) is 11.8 Å². The number of benzene rings is 1. The lowest BCUT2D eigenvalue weighted by Gasteiger charge is -2.14. The van der Waals surface area contributed by atoms with E-state index in [9.17, 15) is 14.4 Å². The van der Waals surface area contributed by atoms with Gasteiger partial charge < -0.3 is 15.0 Å². The lowest BCUT2D eigenvalue weighted by molar-refractivity contribution is -0.121. The summed E-state index contributed by atoms with van der Waals surface area (Å²) < 4.78 is 7.11. The van der Waals surface area contributed by atoms with Gasteiger partial charge in [0.15, 0.2) is 11.5 Å². The van der Waals surface area contributed by atoms with Crippen molar-refractivity contribution in [1.29, 1.82) is 0 Å². The Kier molecular flexibility index (Phi) is 4.90. The minimum Gasteiger partial charge on any atom is -0.462 e. The van der Waals surface area contributed by atoms with E-state index in [4.69, 9.17) is 10.5 Å². The number of nitrogens with zero attached hydrogens (tertiary/aromatic N) is 5. The second-order valence-corrected chi connectivity index (χ2v) is 6.53. The van der Waals surface area contributed by atoms with Crippen molar-refractivity contribution in [2.45, 2.75) is 25.8 Å². The molecule has 10 nitrogen and oxygen atoms in total. The summed E-state index contributed by atoms with van der Waals surface area (Å²) in [5, 5.41) is 0. The highest BCUT2D eigenvalue weighted by Gasteiger charge is 2.30. The van der Waals surface area contributed by atoms with Crippen molar-refractivity contribution in [2.24, 2.45) is 0 Å². The first kappa shape index (κ1) is 18.5. The van der Waals surface area contributed by atoms with Crippen molar-refractivity contribution in [3.8, 4) is 0 Å². The Morgan fingerprint density at radius 2 is 1.79 bits per heavy atom. The average molecular weight is 394 g/mol. The maximum Gasteiger partial charge on any atom is 0.338 e. The zero-order valence-corrected chi connectivity index (χ0v) is 15.4. The summed E-state index contributed by atoms with van der Waals surface area (Å²) >= 11 is 0. The molecule has 2 amide bonds. The summed E-state index contributed by atoms with van der Waals surface area (Å²) in [5.41, 5.74) is 7.74. The molecule has 148 valence electrons. The van der Waals surface area contributed by atoms with Crippen LogP contribution in [0.2, 0.25) is 0 Å². The Bertz CT molecular complexity index is 1080. The van der Waals surface area contributed by atoms with Gasteiger partial charge in [-0.2, -0.15) is 0 Å². The number of hydrogen-bond acceptors (Lipinski definition) is 8. The molecule has 0 radical (unpaired) electrons. The van der Waals surface area contributed by atoms with E-state index in [0.29, 0.717) is 41.2 Å². The predicted octanol–water partition coefficient (Wildman–Crippen LogP) is 1.31.